The Balaban J connectivity index is 2.37. The summed E-state index contributed by atoms with van der Waals surface area (Å²) >= 11 is 3.26. The van der Waals surface area contributed by atoms with Crippen LogP contribution in [0.4, 0.5) is 5.69 Å². The van der Waals surface area contributed by atoms with Crippen molar-refractivity contribution in [3.8, 4) is 0 Å². The monoisotopic (exact) mass is 354 g/mol. The van der Waals surface area contributed by atoms with E-state index in [2.05, 4.69) is 20.7 Å². The van der Waals surface area contributed by atoms with Crippen LogP contribution in [-0.2, 0) is 16.6 Å². The zero-order chi connectivity index (χ0) is 14.8. The highest BCUT2D eigenvalue weighted by Gasteiger charge is 2.18. The summed E-state index contributed by atoms with van der Waals surface area (Å²) in [4.78, 5) is 0.182. The van der Waals surface area contributed by atoms with Crippen molar-refractivity contribution in [1.82, 2.24) is 0 Å². The summed E-state index contributed by atoms with van der Waals surface area (Å²) in [7, 11) is -3.64. The van der Waals surface area contributed by atoms with Gasteiger partial charge in [0.2, 0.25) is 0 Å². The van der Waals surface area contributed by atoms with Crippen molar-refractivity contribution in [3.63, 3.8) is 0 Å². The highest BCUT2D eigenvalue weighted by atomic mass is 79.9. The van der Waals surface area contributed by atoms with Crippen molar-refractivity contribution in [1.29, 1.82) is 0 Å². The molecule has 0 unspecified atom stereocenters. The molecule has 6 heteroatoms. The summed E-state index contributed by atoms with van der Waals surface area (Å²) < 4.78 is 27.9. The second-order valence-electron chi connectivity index (χ2n) is 4.44. The minimum Gasteiger partial charge on any atom is -0.326 e. The highest BCUT2D eigenvalue weighted by molar-refractivity contribution is 9.10. The second kappa shape index (κ2) is 5.95. The van der Waals surface area contributed by atoms with E-state index in [1.807, 2.05) is 19.1 Å². The molecule has 0 radical (unpaired) electrons. The number of rotatable bonds is 4. The van der Waals surface area contributed by atoms with Crippen LogP contribution in [0.1, 0.15) is 11.1 Å². The summed E-state index contributed by atoms with van der Waals surface area (Å²) in [6.45, 7) is 2.24. The number of nitrogens with two attached hydrogens (primary N) is 1. The predicted molar refractivity (Wildman–Crippen MR) is 84.0 cm³/mol. The molecule has 0 aliphatic heterocycles. The average molecular weight is 355 g/mol. The third-order valence-electron chi connectivity index (χ3n) is 2.82. The number of hydrogen-bond acceptors (Lipinski definition) is 3. The number of hydrogen-bond donors (Lipinski definition) is 2. The Labute approximate surface area is 127 Å². The first-order chi connectivity index (χ1) is 9.42. The second-order valence-corrected chi connectivity index (χ2v) is 6.95. The van der Waals surface area contributed by atoms with Gasteiger partial charge < -0.3 is 5.73 Å². The first kappa shape index (κ1) is 15.0. The van der Waals surface area contributed by atoms with E-state index in [-0.39, 0.29) is 4.90 Å². The van der Waals surface area contributed by atoms with Crippen LogP contribution in [0.15, 0.2) is 51.8 Å². The van der Waals surface area contributed by atoms with Crippen molar-refractivity contribution in [2.24, 2.45) is 5.73 Å². The smallest absolute Gasteiger partial charge is 0.263 e. The molecule has 0 amide bonds. The first-order valence-electron chi connectivity index (χ1n) is 6.00. The lowest BCUT2D eigenvalue weighted by Crippen LogP contribution is -2.14. The molecule has 20 heavy (non-hydrogen) atoms. The Morgan fingerprint density at radius 1 is 1.15 bits per heavy atom. The lowest BCUT2D eigenvalue weighted by Gasteiger charge is -2.11. The number of halogens is 1. The molecule has 0 aromatic heterocycles. The van der Waals surface area contributed by atoms with Crippen molar-refractivity contribution in [2.75, 3.05) is 4.72 Å². The Morgan fingerprint density at radius 3 is 2.40 bits per heavy atom. The van der Waals surface area contributed by atoms with Crippen LogP contribution in [0.3, 0.4) is 0 Å². The molecule has 2 aromatic carbocycles. The highest BCUT2D eigenvalue weighted by Crippen LogP contribution is 2.25. The Bertz CT molecular complexity index is 712. The maximum absolute atomic E-state index is 12.4. The SMILES string of the molecule is Cc1ccc(NS(=O)(=O)c2cc(CN)ccc2Br)cc1. The predicted octanol–water partition coefficient (Wildman–Crippen LogP) is 3.02. The molecule has 0 saturated carbocycles. The van der Waals surface area contributed by atoms with Crippen LogP contribution in [0, 0.1) is 6.92 Å². The van der Waals surface area contributed by atoms with Gasteiger partial charge in [-0.25, -0.2) is 8.42 Å². The molecule has 2 rings (SSSR count). The summed E-state index contributed by atoms with van der Waals surface area (Å²) in [6.07, 6.45) is 0. The molecule has 106 valence electrons. The molecule has 2 aromatic rings. The minimum absolute atomic E-state index is 0.182. The molecule has 4 nitrogen and oxygen atoms in total. The largest absolute Gasteiger partial charge is 0.326 e. The fraction of sp³-hybridized carbons (Fsp3) is 0.143. The minimum atomic E-state index is -3.64. The third kappa shape index (κ3) is 3.39. The molecule has 0 aliphatic rings. The number of sulfonamides is 1. The number of nitrogens with one attached hydrogen (secondary N) is 1. The van der Waals surface area contributed by atoms with Gasteiger partial charge in [0.1, 0.15) is 4.90 Å². The topological polar surface area (TPSA) is 72.2 Å². The maximum atomic E-state index is 12.4. The molecule has 0 spiro atoms. The number of anilines is 1. The van der Waals surface area contributed by atoms with Crippen LogP contribution >= 0.6 is 15.9 Å². The van der Waals surface area contributed by atoms with E-state index in [9.17, 15) is 8.42 Å². The van der Waals surface area contributed by atoms with E-state index in [1.165, 1.54) is 0 Å². The Morgan fingerprint density at radius 2 is 1.80 bits per heavy atom. The zero-order valence-electron chi connectivity index (χ0n) is 10.9. The van der Waals surface area contributed by atoms with Crippen LogP contribution < -0.4 is 10.5 Å². The summed E-state index contributed by atoms with van der Waals surface area (Å²) in [6, 6.07) is 12.2. The van der Waals surface area contributed by atoms with Crippen molar-refractivity contribution in [3.05, 3.63) is 58.1 Å². The number of aryl methyl sites for hydroxylation is 1. The lowest BCUT2D eigenvalue weighted by atomic mass is 10.2. The lowest BCUT2D eigenvalue weighted by molar-refractivity contribution is 0.600. The van der Waals surface area contributed by atoms with Crippen LogP contribution in [-0.4, -0.2) is 8.42 Å². The standard InChI is InChI=1S/C14H15BrN2O2S/c1-10-2-5-12(6-3-10)17-20(18,19)14-8-11(9-16)4-7-13(14)15/h2-8,17H,9,16H2,1H3. The summed E-state index contributed by atoms with van der Waals surface area (Å²) in [5.74, 6) is 0. The molecule has 0 fully saturated rings. The van der Waals surface area contributed by atoms with E-state index < -0.39 is 10.0 Å². The van der Waals surface area contributed by atoms with Gasteiger partial charge in [-0.3, -0.25) is 4.72 Å². The van der Waals surface area contributed by atoms with Gasteiger partial charge in [0.15, 0.2) is 0 Å². The molecule has 0 saturated heterocycles. The van der Waals surface area contributed by atoms with E-state index >= 15 is 0 Å². The molecule has 3 N–H and O–H groups in total. The Kier molecular flexibility index (Phi) is 4.47. The van der Waals surface area contributed by atoms with Gasteiger partial charge in [-0.05, 0) is 52.7 Å². The van der Waals surface area contributed by atoms with Crippen LogP contribution in [0.25, 0.3) is 0 Å². The van der Waals surface area contributed by atoms with Crippen molar-refractivity contribution >= 4 is 31.6 Å². The fourth-order valence-corrected chi connectivity index (χ4v) is 3.79. The summed E-state index contributed by atoms with van der Waals surface area (Å²) in [5, 5.41) is 0. The molecule has 0 atom stereocenters. The van der Waals surface area contributed by atoms with E-state index in [0.29, 0.717) is 16.7 Å². The molecule has 0 aliphatic carbocycles. The third-order valence-corrected chi connectivity index (χ3v) is 5.20. The van der Waals surface area contributed by atoms with E-state index in [4.69, 9.17) is 5.73 Å². The maximum Gasteiger partial charge on any atom is 0.263 e. The normalized spacial score (nSPS) is 11.3. The molecule has 0 bridgehead atoms. The van der Waals surface area contributed by atoms with E-state index in [0.717, 1.165) is 11.1 Å². The van der Waals surface area contributed by atoms with Gasteiger partial charge >= 0.3 is 0 Å². The average Bonchev–Trinajstić information content (AvgIpc) is 2.41. The van der Waals surface area contributed by atoms with Gasteiger partial charge in [0, 0.05) is 16.7 Å². The van der Waals surface area contributed by atoms with Gasteiger partial charge in [-0.1, -0.05) is 23.8 Å². The van der Waals surface area contributed by atoms with Gasteiger partial charge in [0.25, 0.3) is 10.0 Å². The van der Waals surface area contributed by atoms with Crippen LogP contribution in [0.5, 0.6) is 0 Å². The zero-order valence-corrected chi connectivity index (χ0v) is 13.3. The first-order valence-corrected chi connectivity index (χ1v) is 8.28. The molecular formula is C14H15BrN2O2S. The quantitative estimate of drug-likeness (QED) is 0.886. The Hall–Kier alpha value is -1.37. The van der Waals surface area contributed by atoms with Gasteiger partial charge in [0.05, 0.1) is 0 Å². The molecule has 0 heterocycles. The fourth-order valence-electron chi connectivity index (χ4n) is 1.71. The molecular weight excluding hydrogens is 340 g/mol. The van der Waals surface area contributed by atoms with E-state index in [1.54, 1.807) is 30.3 Å². The summed E-state index contributed by atoms with van der Waals surface area (Å²) in [5.41, 5.74) is 7.91. The van der Waals surface area contributed by atoms with Gasteiger partial charge in [-0.15, -0.1) is 0 Å². The van der Waals surface area contributed by atoms with Crippen LogP contribution in [0.2, 0.25) is 0 Å². The number of benzene rings is 2. The van der Waals surface area contributed by atoms with Crippen molar-refractivity contribution < 1.29 is 8.42 Å². The van der Waals surface area contributed by atoms with Crippen molar-refractivity contribution in [2.45, 2.75) is 18.4 Å². The van der Waals surface area contributed by atoms with Gasteiger partial charge in [-0.2, -0.15) is 0 Å².